The number of ether oxygens (including phenoxy) is 5. The Kier molecular flexibility index (Phi) is 18.8. The molecular weight excluding hydrogens is 777 g/mol. The molecule has 0 saturated carbocycles. The van der Waals surface area contributed by atoms with Gasteiger partial charge in [0.15, 0.2) is 6.10 Å². The fourth-order valence-electron chi connectivity index (χ4n) is 4.76. The van der Waals surface area contributed by atoms with E-state index < -0.39 is 47.0 Å². The summed E-state index contributed by atoms with van der Waals surface area (Å²) in [6.07, 6.45) is 0.973. The maximum Gasteiger partial charge on any atom is 0.407 e. The molecule has 17 heteroatoms. The van der Waals surface area contributed by atoms with E-state index in [1.807, 2.05) is 0 Å². The van der Waals surface area contributed by atoms with Crippen molar-refractivity contribution in [3.8, 4) is 11.5 Å². The molecule has 3 amide bonds. The maximum atomic E-state index is 13.7. The first kappa shape index (κ1) is 46.3. The molecule has 3 N–H and O–H groups in total. The predicted molar refractivity (Wildman–Crippen MR) is 216 cm³/mol. The number of hydrogen-bond acceptors (Lipinski definition) is 14. The number of nitrogens with one attached hydrogen (secondary N) is 3. The van der Waals surface area contributed by atoms with Crippen molar-refractivity contribution in [3.63, 3.8) is 0 Å². The molecule has 2 aromatic carbocycles. The summed E-state index contributed by atoms with van der Waals surface area (Å²) in [5.74, 6) is -2.47. The van der Waals surface area contributed by atoms with Gasteiger partial charge < -0.3 is 39.6 Å². The van der Waals surface area contributed by atoms with E-state index in [-0.39, 0.29) is 53.7 Å². The van der Waals surface area contributed by atoms with Crippen molar-refractivity contribution >= 4 is 57.4 Å². The van der Waals surface area contributed by atoms with Gasteiger partial charge >= 0.3 is 24.0 Å². The molecule has 3 rings (SSSR count). The lowest BCUT2D eigenvalue weighted by molar-refractivity contribution is -0.139. The molecule has 308 valence electrons. The van der Waals surface area contributed by atoms with E-state index >= 15 is 0 Å². The second kappa shape index (κ2) is 23.2. The van der Waals surface area contributed by atoms with Gasteiger partial charge in [-0.1, -0.05) is 59.7 Å². The number of alkyl carbamates (subject to hydrolysis) is 1. The number of aromatic nitrogens is 1. The monoisotopic (exact) mass is 826 g/mol. The van der Waals surface area contributed by atoms with Crippen LogP contribution in [0.2, 0.25) is 0 Å². The zero-order valence-electron chi connectivity index (χ0n) is 32.9. The molecule has 0 fully saturated rings. The van der Waals surface area contributed by atoms with Gasteiger partial charge in [-0.2, -0.15) is 0 Å². The van der Waals surface area contributed by atoms with Crippen LogP contribution in [0.15, 0.2) is 73.1 Å². The molecule has 0 saturated heterocycles. The number of carbonyl (C=O) groups is 6. The lowest BCUT2D eigenvalue weighted by Gasteiger charge is -2.32. The summed E-state index contributed by atoms with van der Waals surface area (Å²) in [6.45, 7) is 11.8. The summed E-state index contributed by atoms with van der Waals surface area (Å²) < 4.78 is 27.6. The number of rotatable bonds is 21. The van der Waals surface area contributed by atoms with E-state index in [0.717, 1.165) is 0 Å². The average Bonchev–Trinajstić information content (AvgIpc) is 3.17. The summed E-state index contributed by atoms with van der Waals surface area (Å²) in [7, 11) is 3.09. The van der Waals surface area contributed by atoms with Gasteiger partial charge in [0.05, 0.1) is 12.2 Å². The highest BCUT2D eigenvalue weighted by Gasteiger charge is 2.39. The Morgan fingerprint density at radius 1 is 0.719 bits per heavy atom. The van der Waals surface area contributed by atoms with Gasteiger partial charge in [-0.15, -0.1) is 0 Å². The average molecular weight is 827 g/mol. The molecule has 0 radical (unpaired) electrons. The van der Waals surface area contributed by atoms with E-state index in [1.165, 1.54) is 48.8 Å². The maximum absolute atomic E-state index is 13.7. The third-order valence-corrected chi connectivity index (χ3v) is 9.87. The highest BCUT2D eigenvalue weighted by Crippen LogP contribution is 2.29. The van der Waals surface area contributed by atoms with Crippen molar-refractivity contribution < 1.29 is 52.5 Å². The molecule has 0 spiro atoms. The Morgan fingerprint density at radius 3 is 1.91 bits per heavy atom. The third kappa shape index (κ3) is 16.5. The summed E-state index contributed by atoms with van der Waals surface area (Å²) in [4.78, 5) is 81.3. The Hall–Kier alpha value is -5.13. The lowest BCUT2D eigenvalue weighted by Crippen LogP contribution is -2.49. The van der Waals surface area contributed by atoms with Gasteiger partial charge in [0.1, 0.15) is 28.2 Å². The minimum Gasteiger partial charge on any atom is -0.448 e. The molecule has 1 aromatic heterocycles. The zero-order chi connectivity index (χ0) is 41.8. The molecular formula is C40H50N4O11S2. The van der Waals surface area contributed by atoms with Crippen molar-refractivity contribution in [1.82, 2.24) is 20.9 Å². The Balaban J connectivity index is 1.56. The molecule has 0 unspecified atom stereocenters. The molecule has 1 atom stereocenters. The highest BCUT2D eigenvalue weighted by molar-refractivity contribution is 8.76. The standard InChI is InChI=1S/C40H50N4O11S2/c1-7-51-26-40(5,6)33(34(46)43-20-18-32(45)42-21-23-56-57-24-22-44-38(50)55-39(2,3)4)54-37(49)29-15-9-11-17-31(29)53-36(48)28-14-8-10-16-30(28)52-35(47)27-13-12-19-41-25-27/h8-17,19,25,33H,7,18,20-24,26H2,1-6H3,(H,42,45)(H,43,46)(H,44,50)/t33-/m0/s1. The quantitative estimate of drug-likeness (QED) is 0.0517. The molecule has 1 heterocycles. The molecule has 15 nitrogen and oxygen atoms in total. The van der Waals surface area contributed by atoms with Crippen LogP contribution in [0.25, 0.3) is 0 Å². The van der Waals surface area contributed by atoms with Crippen molar-refractivity contribution in [2.24, 2.45) is 5.41 Å². The van der Waals surface area contributed by atoms with Gasteiger partial charge in [0.2, 0.25) is 5.91 Å². The van der Waals surface area contributed by atoms with Crippen LogP contribution < -0.4 is 25.4 Å². The zero-order valence-corrected chi connectivity index (χ0v) is 34.5. The molecule has 3 aromatic rings. The second-order valence-corrected chi connectivity index (χ2v) is 16.6. The van der Waals surface area contributed by atoms with Crippen molar-refractivity contribution in [3.05, 3.63) is 89.7 Å². The van der Waals surface area contributed by atoms with Gasteiger partial charge in [0, 0.05) is 62.0 Å². The minimum atomic E-state index is -1.37. The van der Waals surface area contributed by atoms with Crippen molar-refractivity contribution in [1.29, 1.82) is 0 Å². The number of benzene rings is 2. The van der Waals surface area contributed by atoms with Crippen molar-refractivity contribution in [2.45, 2.75) is 59.7 Å². The molecule has 0 aliphatic carbocycles. The minimum absolute atomic E-state index is 0.0201. The van der Waals surface area contributed by atoms with Crippen LogP contribution in [-0.4, -0.2) is 96.9 Å². The summed E-state index contributed by atoms with van der Waals surface area (Å²) in [5.41, 5.74) is -1.63. The normalized spacial score (nSPS) is 11.8. The fourth-order valence-corrected chi connectivity index (χ4v) is 6.58. The Bertz CT molecular complexity index is 1820. The number of pyridine rings is 1. The predicted octanol–water partition coefficient (Wildman–Crippen LogP) is 5.64. The Morgan fingerprint density at radius 2 is 1.32 bits per heavy atom. The van der Waals surface area contributed by atoms with Crippen LogP contribution in [0.4, 0.5) is 4.79 Å². The van der Waals surface area contributed by atoms with Gasteiger partial charge in [-0.05, 0) is 64.1 Å². The first-order valence-corrected chi connectivity index (χ1v) is 20.7. The summed E-state index contributed by atoms with van der Waals surface area (Å²) >= 11 is 0. The van der Waals surface area contributed by atoms with Crippen LogP contribution in [-0.2, 0) is 23.8 Å². The van der Waals surface area contributed by atoms with Crippen LogP contribution >= 0.6 is 21.6 Å². The van der Waals surface area contributed by atoms with E-state index in [0.29, 0.717) is 31.2 Å². The Labute approximate surface area is 340 Å². The van der Waals surface area contributed by atoms with Crippen LogP contribution in [0.5, 0.6) is 11.5 Å². The number of esters is 3. The smallest absolute Gasteiger partial charge is 0.407 e. The number of para-hydroxylation sites is 2. The van der Waals surface area contributed by atoms with Gasteiger partial charge in [0.25, 0.3) is 5.91 Å². The topological polar surface area (TPSA) is 198 Å². The summed E-state index contributed by atoms with van der Waals surface area (Å²) in [6, 6.07) is 14.9. The first-order valence-electron chi connectivity index (χ1n) is 18.2. The number of nitrogens with zero attached hydrogens (tertiary/aromatic N) is 1. The van der Waals surface area contributed by atoms with E-state index in [1.54, 1.807) is 87.4 Å². The second-order valence-electron chi connectivity index (χ2n) is 13.9. The van der Waals surface area contributed by atoms with Gasteiger partial charge in [-0.25, -0.2) is 19.2 Å². The molecule has 0 bridgehead atoms. The lowest BCUT2D eigenvalue weighted by atomic mass is 9.86. The number of hydrogen-bond donors (Lipinski definition) is 3. The van der Waals surface area contributed by atoms with Crippen molar-refractivity contribution in [2.75, 3.05) is 44.4 Å². The first-order chi connectivity index (χ1) is 27.1. The molecule has 0 aliphatic heterocycles. The third-order valence-electron chi connectivity index (χ3n) is 7.46. The van der Waals surface area contributed by atoms with Crippen LogP contribution in [0, 0.1) is 5.41 Å². The SMILES string of the molecule is CCOCC(C)(C)[C@@H](OC(=O)c1ccccc1OC(=O)c1ccccc1OC(=O)c1cccnc1)C(=O)NCCC(=O)NCCSSCCNC(=O)OC(C)(C)C. The van der Waals surface area contributed by atoms with E-state index in [9.17, 15) is 28.8 Å². The van der Waals surface area contributed by atoms with Crippen LogP contribution in [0.3, 0.4) is 0 Å². The number of amides is 3. The van der Waals surface area contributed by atoms with Gasteiger partial charge in [-0.3, -0.25) is 14.6 Å². The molecule has 0 aliphatic rings. The van der Waals surface area contributed by atoms with E-state index in [2.05, 4.69) is 20.9 Å². The van der Waals surface area contributed by atoms with Crippen LogP contribution in [0.1, 0.15) is 79.0 Å². The number of carbonyl (C=O) groups excluding carboxylic acids is 6. The van der Waals surface area contributed by atoms with E-state index in [4.69, 9.17) is 23.7 Å². The summed E-state index contributed by atoms with van der Waals surface area (Å²) in [5, 5.41) is 8.17. The fraction of sp³-hybridized carbons (Fsp3) is 0.425. The molecule has 57 heavy (non-hydrogen) atoms. The largest absolute Gasteiger partial charge is 0.448 e. The highest BCUT2D eigenvalue weighted by atomic mass is 33.1.